The summed E-state index contributed by atoms with van der Waals surface area (Å²) in [5, 5.41) is 8.83. The van der Waals surface area contributed by atoms with Crippen LogP contribution in [0.3, 0.4) is 0 Å². The monoisotopic (exact) mass is 239 g/mol. The normalized spacial score (nSPS) is 10.1. The first kappa shape index (κ1) is 13.1. The van der Waals surface area contributed by atoms with Crippen LogP contribution >= 0.6 is 0 Å². The third kappa shape index (κ3) is 2.59. The summed E-state index contributed by atoms with van der Waals surface area (Å²) < 4.78 is 29.9. The van der Waals surface area contributed by atoms with Crippen molar-refractivity contribution in [1.82, 2.24) is 0 Å². The number of nitriles is 1. The van der Waals surface area contributed by atoms with Crippen LogP contribution in [0.15, 0.2) is 12.1 Å². The summed E-state index contributed by atoms with van der Waals surface area (Å²) in [5.41, 5.74) is 0.0664. The molecule has 0 saturated heterocycles. The molecular formula is C12H11F2NO2. The van der Waals surface area contributed by atoms with Gasteiger partial charge in [0, 0.05) is 5.56 Å². The maximum Gasteiger partial charge on any atom is 0.339 e. The average Bonchev–Trinajstić information content (AvgIpc) is 2.35. The number of alkyl halides is 2. The lowest BCUT2D eigenvalue weighted by molar-refractivity contribution is 0.0600. The Morgan fingerprint density at radius 1 is 1.53 bits per heavy atom. The molecule has 1 aromatic rings. The first-order valence-electron chi connectivity index (χ1n) is 4.98. The third-order valence-electron chi connectivity index (χ3n) is 2.42. The van der Waals surface area contributed by atoms with Gasteiger partial charge >= 0.3 is 5.97 Å². The Morgan fingerprint density at radius 2 is 2.18 bits per heavy atom. The van der Waals surface area contributed by atoms with Crippen molar-refractivity contribution in [2.45, 2.75) is 19.8 Å². The van der Waals surface area contributed by atoms with Gasteiger partial charge in [0.2, 0.25) is 0 Å². The maximum absolute atomic E-state index is 12.7. The minimum Gasteiger partial charge on any atom is -0.465 e. The van der Waals surface area contributed by atoms with E-state index in [-0.39, 0.29) is 16.7 Å². The van der Waals surface area contributed by atoms with Gasteiger partial charge in [-0.2, -0.15) is 5.26 Å². The minimum absolute atomic E-state index is 0.0243. The number of rotatable bonds is 3. The Bertz CT molecular complexity index is 478. The molecule has 0 N–H and O–H groups in total. The Balaban J connectivity index is 3.44. The van der Waals surface area contributed by atoms with E-state index in [1.165, 1.54) is 13.2 Å². The fourth-order valence-corrected chi connectivity index (χ4v) is 1.54. The van der Waals surface area contributed by atoms with Crippen LogP contribution in [-0.4, -0.2) is 13.1 Å². The lowest BCUT2D eigenvalue weighted by atomic mass is 9.97. The van der Waals surface area contributed by atoms with Crippen LogP contribution in [0.25, 0.3) is 0 Å². The van der Waals surface area contributed by atoms with E-state index < -0.39 is 12.4 Å². The smallest absolute Gasteiger partial charge is 0.339 e. The highest BCUT2D eigenvalue weighted by molar-refractivity contribution is 5.92. The molecule has 0 heterocycles. The summed E-state index contributed by atoms with van der Waals surface area (Å²) in [6.45, 7) is 1.70. The molecule has 0 radical (unpaired) electrons. The minimum atomic E-state index is -2.66. The molecule has 90 valence electrons. The summed E-state index contributed by atoms with van der Waals surface area (Å²) in [6, 6.07) is 4.07. The molecule has 0 amide bonds. The zero-order valence-corrected chi connectivity index (χ0v) is 9.46. The molecule has 0 atom stereocenters. The van der Waals surface area contributed by atoms with Gasteiger partial charge in [-0.25, -0.2) is 13.6 Å². The summed E-state index contributed by atoms with van der Waals surface area (Å²) in [4.78, 5) is 11.4. The van der Waals surface area contributed by atoms with Crippen molar-refractivity contribution in [3.8, 4) is 6.07 Å². The largest absolute Gasteiger partial charge is 0.465 e. The number of carbonyl (C=O) groups excluding carboxylic acids is 1. The SMILES string of the molecule is CCc1cc(C(=O)OC)c(C#N)cc1C(F)F. The Kier molecular flexibility index (Phi) is 4.16. The number of hydrogen-bond donors (Lipinski definition) is 0. The predicted molar refractivity (Wildman–Crippen MR) is 56.8 cm³/mol. The number of ether oxygens (including phenoxy) is 1. The predicted octanol–water partition coefficient (Wildman–Crippen LogP) is 2.84. The molecule has 0 unspecified atom stereocenters. The average molecular weight is 239 g/mol. The van der Waals surface area contributed by atoms with Crippen LogP contribution in [0.5, 0.6) is 0 Å². The van der Waals surface area contributed by atoms with Crippen molar-refractivity contribution in [1.29, 1.82) is 5.26 Å². The van der Waals surface area contributed by atoms with Gasteiger partial charge in [0.15, 0.2) is 0 Å². The molecule has 0 saturated carbocycles. The summed E-state index contributed by atoms with van der Waals surface area (Å²) in [6.07, 6.45) is -2.31. The van der Waals surface area contributed by atoms with Crippen molar-refractivity contribution < 1.29 is 18.3 Å². The van der Waals surface area contributed by atoms with E-state index in [9.17, 15) is 13.6 Å². The van der Waals surface area contributed by atoms with Gasteiger partial charge < -0.3 is 4.74 Å². The first-order valence-corrected chi connectivity index (χ1v) is 4.98. The lowest BCUT2D eigenvalue weighted by Gasteiger charge is -2.10. The molecule has 0 fully saturated rings. The van der Waals surface area contributed by atoms with Gasteiger partial charge in [-0.1, -0.05) is 6.92 Å². The second-order valence-electron chi connectivity index (χ2n) is 3.35. The molecule has 0 aromatic heterocycles. The van der Waals surface area contributed by atoms with E-state index in [0.717, 1.165) is 6.07 Å². The number of hydrogen-bond acceptors (Lipinski definition) is 3. The van der Waals surface area contributed by atoms with Crippen LogP contribution < -0.4 is 0 Å². The molecule has 0 aliphatic heterocycles. The van der Waals surface area contributed by atoms with Crippen molar-refractivity contribution in [2.24, 2.45) is 0 Å². The number of halogens is 2. The van der Waals surface area contributed by atoms with E-state index >= 15 is 0 Å². The highest BCUT2D eigenvalue weighted by Crippen LogP contribution is 2.27. The molecule has 17 heavy (non-hydrogen) atoms. The van der Waals surface area contributed by atoms with Gasteiger partial charge in [0.1, 0.15) is 6.07 Å². The van der Waals surface area contributed by atoms with Crippen LogP contribution in [-0.2, 0) is 11.2 Å². The fraction of sp³-hybridized carbons (Fsp3) is 0.333. The van der Waals surface area contributed by atoms with Gasteiger partial charge in [-0.15, -0.1) is 0 Å². The molecule has 1 aromatic carbocycles. The van der Waals surface area contributed by atoms with Crippen molar-refractivity contribution in [3.05, 3.63) is 34.4 Å². The number of benzene rings is 1. The van der Waals surface area contributed by atoms with E-state index in [1.54, 1.807) is 13.0 Å². The van der Waals surface area contributed by atoms with Crippen LogP contribution in [0, 0.1) is 11.3 Å². The van der Waals surface area contributed by atoms with Gasteiger partial charge in [0.25, 0.3) is 6.43 Å². The lowest BCUT2D eigenvalue weighted by Crippen LogP contribution is -2.07. The van der Waals surface area contributed by atoms with Gasteiger partial charge in [-0.05, 0) is 24.1 Å². The Hall–Kier alpha value is -1.96. The fourth-order valence-electron chi connectivity index (χ4n) is 1.54. The van der Waals surface area contributed by atoms with Crippen LogP contribution in [0.4, 0.5) is 8.78 Å². The van der Waals surface area contributed by atoms with Crippen LogP contribution in [0.2, 0.25) is 0 Å². The molecule has 1 rings (SSSR count). The molecule has 0 aliphatic rings. The number of carbonyl (C=O) groups is 1. The van der Waals surface area contributed by atoms with E-state index in [0.29, 0.717) is 12.0 Å². The second kappa shape index (κ2) is 5.39. The number of aryl methyl sites for hydroxylation is 1. The Morgan fingerprint density at radius 3 is 2.59 bits per heavy atom. The molecule has 0 aliphatic carbocycles. The van der Waals surface area contributed by atoms with Crippen molar-refractivity contribution in [3.63, 3.8) is 0 Å². The van der Waals surface area contributed by atoms with Gasteiger partial charge in [0.05, 0.1) is 18.2 Å². The zero-order chi connectivity index (χ0) is 13.0. The van der Waals surface area contributed by atoms with Crippen molar-refractivity contribution in [2.75, 3.05) is 7.11 Å². The highest BCUT2D eigenvalue weighted by atomic mass is 19.3. The Labute approximate surface area is 97.6 Å². The molecule has 0 bridgehead atoms. The number of esters is 1. The van der Waals surface area contributed by atoms with Crippen molar-refractivity contribution >= 4 is 5.97 Å². The summed E-state index contributed by atoms with van der Waals surface area (Å²) >= 11 is 0. The van der Waals surface area contributed by atoms with E-state index in [1.807, 2.05) is 0 Å². The zero-order valence-electron chi connectivity index (χ0n) is 9.46. The number of methoxy groups -OCH3 is 1. The number of nitrogens with zero attached hydrogens (tertiary/aromatic N) is 1. The molecule has 5 heteroatoms. The van der Waals surface area contributed by atoms with Gasteiger partial charge in [-0.3, -0.25) is 0 Å². The summed E-state index contributed by atoms with van der Waals surface area (Å²) in [7, 11) is 1.18. The quantitative estimate of drug-likeness (QED) is 0.762. The van der Waals surface area contributed by atoms with Crippen LogP contribution in [0.1, 0.15) is 40.4 Å². The summed E-state index contributed by atoms with van der Waals surface area (Å²) in [5.74, 6) is -0.697. The van der Waals surface area contributed by atoms with E-state index in [2.05, 4.69) is 4.74 Å². The second-order valence-corrected chi connectivity index (χ2v) is 3.35. The molecular weight excluding hydrogens is 228 g/mol. The maximum atomic E-state index is 12.7. The highest BCUT2D eigenvalue weighted by Gasteiger charge is 2.19. The molecule has 0 spiro atoms. The topological polar surface area (TPSA) is 50.1 Å². The standard InChI is InChI=1S/C12H11F2NO2/c1-3-7-4-10(12(16)17-2)8(6-15)5-9(7)11(13)14/h4-5,11H,3H2,1-2H3. The van der Waals surface area contributed by atoms with E-state index in [4.69, 9.17) is 5.26 Å². The third-order valence-corrected chi connectivity index (χ3v) is 2.42. The first-order chi connectivity index (χ1) is 8.04. The molecule has 3 nitrogen and oxygen atoms in total.